The Bertz CT molecular complexity index is 388. The fourth-order valence-electron chi connectivity index (χ4n) is 0.981. The summed E-state index contributed by atoms with van der Waals surface area (Å²) in [6, 6.07) is 3.96. The normalized spacial score (nSPS) is 11.8. The molecule has 0 atom stereocenters. The SMILES string of the molecule is CO/C=C/c1ccc(OC(F)(F)F)cc1Br. The molecule has 0 aliphatic heterocycles. The molecular formula is C10H8BrF3O2. The molecule has 16 heavy (non-hydrogen) atoms. The van der Waals surface area contributed by atoms with Gasteiger partial charge >= 0.3 is 6.36 Å². The topological polar surface area (TPSA) is 18.5 Å². The van der Waals surface area contributed by atoms with Gasteiger partial charge in [0.2, 0.25) is 0 Å². The predicted octanol–water partition coefficient (Wildman–Crippen LogP) is 3.96. The van der Waals surface area contributed by atoms with Crippen LogP contribution in [0.2, 0.25) is 0 Å². The van der Waals surface area contributed by atoms with E-state index in [9.17, 15) is 13.2 Å². The molecule has 0 aliphatic carbocycles. The second kappa shape index (κ2) is 5.25. The van der Waals surface area contributed by atoms with Gasteiger partial charge in [-0.25, -0.2) is 0 Å². The van der Waals surface area contributed by atoms with Crippen LogP contribution < -0.4 is 4.74 Å². The molecule has 0 N–H and O–H groups in total. The summed E-state index contributed by atoms with van der Waals surface area (Å²) >= 11 is 3.13. The van der Waals surface area contributed by atoms with Crippen LogP contribution >= 0.6 is 15.9 Å². The lowest BCUT2D eigenvalue weighted by molar-refractivity contribution is -0.274. The summed E-state index contributed by atoms with van der Waals surface area (Å²) < 4.78 is 44.7. The molecule has 2 nitrogen and oxygen atoms in total. The summed E-state index contributed by atoms with van der Waals surface area (Å²) in [5.41, 5.74) is 0.691. The Morgan fingerprint density at radius 2 is 2.00 bits per heavy atom. The zero-order valence-electron chi connectivity index (χ0n) is 8.22. The highest BCUT2D eigenvalue weighted by molar-refractivity contribution is 9.10. The van der Waals surface area contributed by atoms with Crippen LogP contribution in [0.1, 0.15) is 5.56 Å². The van der Waals surface area contributed by atoms with Crippen LogP contribution in [-0.4, -0.2) is 13.5 Å². The maximum atomic E-state index is 11.9. The van der Waals surface area contributed by atoms with E-state index in [1.807, 2.05) is 0 Å². The Balaban J connectivity index is 2.87. The molecule has 0 bridgehead atoms. The van der Waals surface area contributed by atoms with Gasteiger partial charge in [0.05, 0.1) is 13.4 Å². The Labute approximate surface area is 98.8 Å². The first-order valence-electron chi connectivity index (χ1n) is 4.17. The van der Waals surface area contributed by atoms with Gasteiger partial charge in [-0.2, -0.15) is 0 Å². The van der Waals surface area contributed by atoms with E-state index in [1.54, 1.807) is 6.08 Å². The highest BCUT2D eigenvalue weighted by Gasteiger charge is 2.31. The third kappa shape index (κ3) is 4.14. The van der Waals surface area contributed by atoms with Crippen molar-refractivity contribution in [1.82, 2.24) is 0 Å². The third-order valence-electron chi connectivity index (χ3n) is 1.59. The van der Waals surface area contributed by atoms with Crippen molar-refractivity contribution < 1.29 is 22.6 Å². The van der Waals surface area contributed by atoms with Crippen molar-refractivity contribution in [3.8, 4) is 5.75 Å². The first-order chi connectivity index (χ1) is 7.42. The van der Waals surface area contributed by atoms with E-state index in [4.69, 9.17) is 4.74 Å². The van der Waals surface area contributed by atoms with Crippen molar-refractivity contribution in [3.63, 3.8) is 0 Å². The van der Waals surface area contributed by atoms with Crippen LogP contribution in [-0.2, 0) is 4.74 Å². The number of hydrogen-bond acceptors (Lipinski definition) is 2. The zero-order chi connectivity index (χ0) is 12.2. The molecular weight excluding hydrogens is 289 g/mol. The van der Waals surface area contributed by atoms with Gasteiger partial charge in [0.15, 0.2) is 0 Å². The van der Waals surface area contributed by atoms with E-state index >= 15 is 0 Å². The maximum absolute atomic E-state index is 11.9. The first kappa shape index (κ1) is 12.9. The van der Waals surface area contributed by atoms with E-state index in [1.165, 1.54) is 31.6 Å². The molecule has 0 aromatic heterocycles. The van der Waals surface area contributed by atoms with Crippen molar-refractivity contribution in [3.05, 3.63) is 34.5 Å². The number of alkyl halides is 3. The van der Waals surface area contributed by atoms with E-state index in [2.05, 4.69) is 20.7 Å². The predicted molar refractivity (Wildman–Crippen MR) is 56.9 cm³/mol. The van der Waals surface area contributed by atoms with Gasteiger partial charge in [0, 0.05) is 4.47 Å². The minimum absolute atomic E-state index is 0.269. The summed E-state index contributed by atoms with van der Waals surface area (Å²) in [6.45, 7) is 0. The molecule has 1 rings (SSSR count). The average Bonchev–Trinajstić information content (AvgIpc) is 2.14. The highest BCUT2D eigenvalue weighted by Crippen LogP contribution is 2.28. The smallest absolute Gasteiger partial charge is 0.504 e. The minimum atomic E-state index is -4.68. The minimum Gasteiger partial charge on any atom is -0.504 e. The van der Waals surface area contributed by atoms with Crippen molar-refractivity contribution >= 4 is 22.0 Å². The van der Waals surface area contributed by atoms with E-state index < -0.39 is 6.36 Å². The lowest BCUT2D eigenvalue weighted by atomic mass is 10.2. The number of ether oxygens (including phenoxy) is 2. The maximum Gasteiger partial charge on any atom is 0.573 e. The van der Waals surface area contributed by atoms with E-state index in [0.29, 0.717) is 10.0 Å². The summed E-state index contributed by atoms with van der Waals surface area (Å²) in [7, 11) is 1.48. The van der Waals surface area contributed by atoms with Crippen LogP contribution in [0.25, 0.3) is 6.08 Å². The molecule has 0 saturated heterocycles. The quantitative estimate of drug-likeness (QED) is 0.786. The molecule has 6 heteroatoms. The van der Waals surface area contributed by atoms with Gasteiger partial charge in [-0.15, -0.1) is 13.2 Å². The second-order valence-electron chi connectivity index (χ2n) is 2.77. The van der Waals surface area contributed by atoms with E-state index in [0.717, 1.165) is 0 Å². The molecule has 0 radical (unpaired) electrons. The number of benzene rings is 1. The second-order valence-corrected chi connectivity index (χ2v) is 3.62. The Hall–Kier alpha value is -1.17. The third-order valence-corrected chi connectivity index (χ3v) is 2.28. The van der Waals surface area contributed by atoms with Gasteiger partial charge in [-0.1, -0.05) is 22.0 Å². The molecule has 0 spiro atoms. The molecule has 1 aromatic rings. The van der Waals surface area contributed by atoms with Gasteiger partial charge < -0.3 is 9.47 Å². The Morgan fingerprint density at radius 3 is 2.50 bits per heavy atom. The number of halogens is 4. The van der Waals surface area contributed by atoms with E-state index in [-0.39, 0.29) is 5.75 Å². The first-order valence-corrected chi connectivity index (χ1v) is 4.96. The molecule has 0 unspecified atom stereocenters. The van der Waals surface area contributed by atoms with Gasteiger partial charge in [-0.05, 0) is 23.8 Å². The summed E-state index contributed by atoms with van der Waals surface area (Å²) in [5, 5.41) is 0. The fourth-order valence-corrected chi connectivity index (χ4v) is 1.47. The van der Waals surface area contributed by atoms with Gasteiger partial charge in [-0.3, -0.25) is 0 Å². The zero-order valence-corrected chi connectivity index (χ0v) is 9.80. The highest BCUT2D eigenvalue weighted by atomic mass is 79.9. The summed E-state index contributed by atoms with van der Waals surface area (Å²) in [5.74, 6) is -0.269. The standard InChI is InChI=1S/C10H8BrF3O2/c1-15-5-4-7-2-3-8(6-9(7)11)16-10(12,13)14/h2-6H,1H3/b5-4+. The van der Waals surface area contributed by atoms with Gasteiger partial charge in [0.25, 0.3) is 0 Å². The summed E-state index contributed by atoms with van der Waals surface area (Å²) in [6.07, 6.45) is -1.64. The van der Waals surface area contributed by atoms with Crippen LogP contribution in [0.15, 0.2) is 28.9 Å². The number of rotatable bonds is 3. The number of methoxy groups -OCH3 is 1. The van der Waals surface area contributed by atoms with Crippen molar-refractivity contribution in [2.75, 3.05) is 7.11 Å². The largest absolute Gasteiger partial charge is 0.573 e. The van der Waals surface area contributed by atoms with Crippen LogP contribution in [0.4, 0.5) is 13.2 Å². The molecule has 88 valence electrons. The molecule has 0 amide bonds. The van der Waals surface area contributed by atoms with Gasteiger partial charge in [0.1, 0.15) is 5.75 Å². The molecule has 1 aromatic carbocycles. The van der Waals surface area contributed by atoms with Crippen molar-refractivity contribution in [2.24, 2.45) is 0 Å². The lowest BCUT2D eigenvalue weighted by Crippen LogP contribution is -2.17. The van der Waals surface area contributed by atoms with Crippen LogP contribution in [0, 0.1) is 0 Å². The molecule has 0 saturated carbocycles. The average molecular weight is 297 g/mol. The van der Waals surface area contributed by atoms with Crippen LogP contribution in [0.5, 0.6) is 5.75 Å². The van der Waals surface area contributed by atoms with Crippen LogP contribution in [0.3, 0.4) is 0 Å². The molecule has 0 fully saturated rings. The van der Waals surface area contributed by atoms with Crippen molar-refractivity contribution in [2.45, 2.75) is 6.36 Å². The Morgan fingerprint density at radius 1 is 1.31 bits per heavy atom. The Kier molecular flexibility index (Phi) is 4.23. The monoisotopic (exact) mass is 296 g/mol. The fraction of sp³-hybridized carbons (Fsp3) is 0.200. The lowest BCUT2D eigenvalue weighted by Gasteiger charge is -2.09. The number of hydrogen-bond donors (Lipinski definition) is 0. The molecule has 0 heterocycles. The molecule has 0 aliphatic rings. The summed E-state index contributed by atoms with van der Waals surface area (Å²) in [4.78, 5) is 0. The van der Waals surface area contributed by atoms with Crippen molar-refractivity contribution in [1.29, 1.82) is 0 Å².